The molecule has 5 heteroatoms. The predicted octanol–water partition coefficient (Wildman–Crippen LogP) is 1.16. The second kappa shape index (κ2) is 7.48. The first-order valence-electron chi connectivity index (χ1n) is 7.07. The Morgan fingerprint density at radius 1 is 1.42 bits per heavy atom. The van der Waals surface area contributed by atoms with Crippen LogP contribution in [0.3, 0.4) is 0 Å². The average Bonchev–Trinajstić information content (AvgIpc) is 2.85. The molecule has 0 radical (unpaired) electrons. The quantitative estimate of drug-likeness (QED) is 0.735. The van der Waals surface area contributed by atoms with Gasteiger partial charge in [0, 0.05) is 13.0 Å². The van der Waals surface area contributed by atoms with E-state index in [4.69, 9.17) is 10.5 Å². The number of nitrogens with zero attached hydrogens (tertiary/aromatic N) is 1. The molecular formula is C14H26N2O3. The van der Waals surface area contributed by atoms with Crippen molar-refractivity contribution in [3.8, 4) is 0 Å². The van der Waals surface area contributed by atoms with Crippen LogP contribution in [0, 0.1) is 11.8 Å². The molecule has 1 rings (SSSR count). The van der Waals surface area contributed by atoms with E-state index in [2.05, 4.69) is 13.8 Å². The molecular weight excluding hydrogens is 244 g/mol. The Kier molecular flexibility index (Phi) is 6.28. The summed E-state index contributed by atoms with van der Waals surface area (Å²) in [7, 11) is 1.37. The summed E-state index contributed by atoms with van der Waals surface area (Å²) in [5, 5.41) is 0. The van der Waals surface area contributed by atoms with Gasteiger partial charge in [0.2, 0.25) is 5.91 Å². The molecule has 2 N–H and O–H groups in total. The number of ether oxygens (including phenoxy) is 1. The third-order valence-electron chi connectivity index (χ3n) is 3.65. The number of methoxy groups -OCH3 is 1. The molecule has 1 saturated heterocycles. The fraction of sp³-hybridized carbons (Fsp3) is 0.857. The van der Waals surface area contributed by atoms with Crippen molar-refractivity contribution in [1.82, 2.24) is 4.90 Å². The van der Waals surface area contributed by atoms with Crippen LogP contribution in [0.4, 0.5) is 0 Å². The van der Waals surface area contributed by atoms with Gasteiger partial charge in [0.15, 0.2) is 0 Å². The molecule has 1 heterocycles. The molecule has 1 aliphatic heterocycles. The van der Waals surface area contributed by atoms with Crippen LogP contribution in [0.5, 0.6) is 0 Å². The first kappa shape index (κ1) is 16.0. The molecule has 0 aromatic rings. The summed E-state index contributed by atoms with van der Waals surface area (Å²) in [5.41, 5.74) is 5.73. The van der Waals surface area contributed by atoms with Crippen molar-refractivity contribution in [3.63, 3.8) is 0 Å². The van der Waals surface area contributed by atoms with E-state index in [0.29, 0.717) is 31.8 Å². The van der Waals surface area contributed by atoms with Crippen LogP contribution in [-0.4, -0.2) is 43.0 Å². The Labute approximate surface area is 115 Å². The number of esters is 1. The molecule has 0 aromatic heterocycles. The second-order valence-corrected chi connectivity index (χ2v) is 5.70. The highest BCUT2D eigenvalue weighted by molar-refractivity contribution is 5.85. The number of hydrogen-bond donors (Lipinski definition) is 1. The van der Waals surface area contributed by atoms with Crippen LogP contribution in [0.1, 0.15) is 39.5 Å². The molecule has 5 nitrogen and oxygen atoms in total. The predicted molar refractivity (Wildman–Crippen MR) is 73.4 cm³/mol. The van der Waals surface area contributed by atoms with Crippen molar-refractivity contribution in [2.24, 2.45) is 17.6 Å². The largest absolute Gasteiger partial charge is 0.467 e. The van der Waals surface area contributed by atoms with Gasteiger partial charge in [0.1, 0.15) is 6.04 Å². The zero-order valence-corrected chi connectivity index (χ0v) is 12.2. The van der Waals surface area contributed by atoms with Gasteiger partial charge < -0.3 is 15.4 Å². The van der Waals surface area contributed by atoms with E-state index in [0.717, 1.165) is 12.8 Å². The minimum absolute atomic E-state index is 0.0315. The molecule has 0 spiro atoms. The maximum absolute atomic E-state index is 12.3. The van der Waals surface area contributed by atoms with Crippen LogP contribution in [0.15, 0.2) is 0 Å². The molecule has 0 saturated carbocycles. The van der Waals surface area contributed by atoms with Gasteiger partial charge in [-0.1, -0.05) is 13.8 Å². The van der Waals surface area contributed by atoms with Crippen LogP contribution in [0.25, 0.3) is 0 Å². The lowest BCUT2D eigenvalue weighted by Gasteiger charge is -2.25. The molecule has 0 aromatic carbocycles. The number of hydrogen-bond acceptors (Lipinski definition) is 4. The zero-order chi connectivity index (χ0) is 14.4. The zero-order valence-electron chi connectivity index (χ0n) is 12.2. The van der Waals surface area contributed by atoms with Crippen molar-refractivity contribution in [2.45, 2.75) is 45.6 Å². The summed E-state index contributed by atoms with van der Waals surface area (Å²) in [5.74, 6) is 0.450. The monoisotopic (exact) mass is 270 g/mol. The van der Waals surface area contributed by atoms with Gasteiger partial charge in [-0.3, -0.25) is 4.79 Å². The van der Waals surface area contributed by atoms with Crippen LogP contribution < -0.4 is 5.73 Å². The molecule has 0 bridgehead atoms. The van der Waals surface area contributed by atoms with Crippen molar-refractivity contribution in [1.29, 1.82) is 0 Å². The van der Waals surface area contributed by atoms with E-state index < -0.39 is 6.04 Å². The first-order valence-corrected chi connectivity index (χ1v) is 7.07. The topological polar surface area (TPSA) is 72.6 Å². The van der Waals surface area contributed by atoms with Crippen molar-refractivity contribution in [2.75, 3.05) is 20.2 Å². The van der Waals surface area contributed by atoms with E-state index in [-0.39, 0.29) is 17.8 Å². The Balaban J connectivity index is 2.58. The molecule has 1 fully saturated rings. The van der Waals surface area contributed by atoms with Crippen molar-refractivity contribution >= 4 is 11.9 Å². The number of nitrogens with two attached hydrogens (primary N) is 1. The summed E-state index contributed by atoms with van der Waals surface area (Å²) < 4.78 is 4.75. The SMILES string of the molecule is COC(=O)C1CCCN1C(=O)C[C@@H](CN)CC(C)C. The number of likely N-dealkylation sites (tertiary alicyclic amines) is 1. The lowest BCUT2D eigenvalue weighted by atomic mass is 9.93. The summed E-state index contributed by atoms with van der Waals surface area (Å²) in [6.45, 7) is 5.42. The van der Waals surface area contributed by atoms with E-state index in [1.54, 1.807) is 4.90 Å². The molecule has 0 aliphatic carbocycles. The Morgan fingerprint density at radius 2 is 2.11 bits per heavy atom. The second-order valence-electron chi connectivity index (χ2n) is 5.70. The molecule has 2 atom stereocenters. The third kappa shape index (κ3) is 4.49. The van der Waals surface area contributed by atoms with E-state index in [9.17, 15) is 9.59 Å². The summed E-state index contributed by atoms with van der Waals surface area (Å²) in [6.07, 6.45) is 2.94. The minimum Gasteiger partial charge on any atom is -0.467 e. The van der Waals surface area contributed by atoms with Gasteiger partial charge in [0.05, 0.1) is 7.11 Å². The Bertz CT molecular complexity index is 318. The van der Waals surface area contributed by atoms with Gasteiger partial charge >= 0.3 is 5.97 Å². The lowest BCUT2D eigenvalue weighted by Crippen LogP contribution is -2.42. The highest BCUT2D eigenvalue weighted by Crippen LogP contribution is 2.22. The van der Waals surface area contributed by atoms with Crippen molar-refractivity contribution < 1.29 is 14.3 Å². The summed E-state index contributed by atoms with van der Waals surface area (Å²) in [4.78, 5) is 25.6. The van der Waals surface area contributed by atoms with Gasteiger partial charge in [-0.05, 0) is 37.6 Å². The molecule has 1 unspecified atom stereocenters. The highest BCUT2D eigenvalue weighted by atomic mass is 16.5. The van der Waals surface area contributed by atoms with Crippen molar-refractivity contribution in [3.05, 3.63) is 0 Å². The molecule has 1 amide bonds. The number of carbonyl (C=O) groups is 2. The number of carbonyl (C=O) groups excluding carboxylic acids is 2. The van der Waals surface area contributed by atoms with Gasteiger partial charge in [0.25, 0.3) is 0 Å². The van der Waals surface area contributed by atoms with Crippen LogP contribution in [0.2, 0.25) is 0 Å². The molecule has 19 heavy (non-hydrogen) atoms. The Hall–Kier alpha value is -1.10. The first-order chi connectivity index (χ1) is 8.99. The van der Waals surface area contributed by atoms with Gasteiger partial charge in [-0.25, -0.2) is 4.79 Å². The van der Waals surface area contributed by atoms with Gasteiger partial charge in [-0.2, -0.15) is 0 Å². The standard InChI is InChI=1S/C14H26N2O3/c1-10(2)7-11(9-15)8-13(17)16-6-4-5-12(16)14(18)19-3/h10-12H,4-9,15H2,1-3H3/t11-,12?/m0/s1. The smallest absolute Gasteiger partial charge is 0.328 e. The normalized spacial score (nSPS) is 20.7. The number of amides is 1. The lowest BCUT2D eigenvalue weighted by molar-refractivity contribution is -0.151. The fourth-order valence-corrected chi connectivity index (χ4v) is 2.74. The average molecular weight is 270 g/mol. The van der Waals surface area contributed by atoms with E-state index >= 15 is 0 Å². The van der Waals surface area contributed by atoms with Gasteiger partial charge in [-0.15, -0.1) is 0 Å². The maximum atomic E-state index is 12.3. The highest BCUT2D eigenvalue weighted by Gasteiger charge is 2.35. The number of rotatable bonds is 6. The third-order valence-corrected chi connectivity index (χ3v) is 3.65. The van der Waals surface area contributed by atoms with Crippen LogP contribution in [-0.2, 0) is 14.3 Å². The molecule has 1 aliphatic rings. The van der Waals surface area contributed by atoms with E-state index in [1.165, 1.54) is 7.11 Å². The summed E-state index contributed by atoms with van der Waals surface area (Å²) in [6, 6.07) is -0.394. The summed E-state index contributed by atoms with van der Waals surface area (Å²) >= 11 is 0. The Morgan fingerprint density at radius 3 is 2.63 bits per heavy atom. The molecule has 110 valence electrons. The van der Waals surface area contributed by atoms with E-state index in [1.807, 2.05) is 0 Å². The fourth-order valence-electron chi connectivity index (χ4n) is 2.74. The maximum Gasteiger partial charge on any atom is 0.328 e. The minimum atomic E-state index is -0.394. The van der Waals surface area contributed by atoms with Crippen LogP contribution >= 0.6 is 0 Å².